The molecule has 0 spiro atoms. The van der Waals surface area contributed by atoms with Gasteiger partial charge in [-0.25, -0.2) is 4.79 Å². The van der Waals surface area contributed by atoms with Gasteiger partial charge in [0.1, 0.15) is 0 Å². The molecule has 2 amide bonds. The van der Waals surface area contributed by atoms with Crippen molar-refractivity contribution in [2.24, 2.45) is 11.3 Å². The van der Waals surface area contributed by atoms with Gasteiger partial charge in [-0.05, 0) is 30.2 Å². The molecule has 120 valence electrons. The van der Waals surface area contributed by atoms with Crippen LogP contribution < -0.4 is 5.32 Å². The van der Waals surface area contributed by atoms with E-state index in [0.717, 1.165) is 19.3 Å². The van der Waals surface area contributed by atoms with Crippen molar-refractivity contribution in [1.82, 2.24) is 10.2 Å². The maximum atomic E-state index is 12.0. The van der Waals surface area contributed by atoms with Gasteiger partial charge in [0.25, 0.3) is 0 Å². The van der Waals surface area contributed by atoms with Crippen molar-refractivity contribution in [2.75, 3.05) is 20.1 Å². The van der Waals surface area contributed by atoms with Crippen molar-refractivity contribution >= 4 is 12.0 Å². The Kier molecular flexibility index (Phi) is 5.06. The van der Waals surface area contributed by atoms with E-state index in [-0.39, 0.29) is 18.0 Å². The monoisotopic (exact) mass is 304 g/mol. The highest BCUT2D eigenvalue weighted by Crippen LogP contribution is 2.47. The third kappa shape index (κ3) is 4.48. The van der Waals surface area contributed by atoms with Gasteiger partial charge in [-0.3, -0.25) is 4.79 Å². The number of carboxylic acids is 1. The summed E-state index contributed by atoms with van der Waals surface area (Å²) in [5, 5.41) is 11.8. The van der Waals surface area contributed by atoms with Crippen LogP contribution in [0, 0.1) is 11.3 Å². The molecule has 2 rings (SSSR count). The van der Waals surface area contributed by atoms with Gasteiger partial charge in [-0.15, -0.1) is 0 Å². The number of carbonyl (C=O) groups is 2. The van der Waals surface area contributed by atoms with E-state index >= 15 is 0 Å². The highest BCUT2D eigenvalue weighted by atomic mass is 16.4. The third-order valence-electron chi connectivity index (χ3n) is 4.31. The first kappa shape index (κ1) is 16.3. The average Bonchev–Trinajstić information content (AvgIpc) is 3.25. The Morgan fingerprint density at radius 1 is 1.32 bits per heavy atom. The Morgan fingerprint density at radius 2 is 1.95 bits per heavy atom. The molecule has 0 aromatic heterocycles. The molecule has 1 saturated carbocycles. The van der Waals surface area contributed by atoms with E-state index in [1.165, 1.54) is 10.5 Å². The summed E-state index contributed by atoms with van der Waals surface area (Å²) in [5.41, 5.74) is 1.47. The van der Waals surface area contributed by atoms with E-state index in [4.69, 9.17) is 5.11 Å². The van der Waals surface area contributed by atoms with Crippen molar-refractivity contribution in [3.8, 4) is 0 Å². The normalized spacial score (nSPS) is 16.6. The largest absolute Gasteiger partial charge is 0.481 e. The number of hydrogen-bond donors (Lipinski definition) is 2. The fraction of sp³-hybridized carbons (Fsp3) is 0.529. The number of carboxylic acid groups (broad SMARTS) is 1. The van der Waals surface area contributed by atoms with Crippen LogP contribution in [0.5, 0.6) is 0 Å². The molecule has 1 aromatic carbocycles. The van der Waals surface area contributed by atoms with Crippen LogP contribution in [0.4, 0.5) is 4.79 Å². The molecule has 2 N–H and O–H groups in total. The van der Waals surface area contributed by atoms with Crippen molar-refractivity contribution in [2.45, 2.75) is 26.2 Å². The maximum Gasteiger partial charge on any atom is 0.317 e. The van der Waals surface area contributed by atoms with E-state index in [1.54, 1.807) is 14.0 Å². The number of aliphatic carboxylic acids is 1. The smallest absolute Gasteiger partial charge is 0.317 e. The molecule has 1 aliphatic rings. The van der Waals surface area contributed by atoms with Gasteiger partial charge in [0, 0.05) is 20.1 Å². The lowest BCUT2D eigenvalue weighted by Crippen LogP contribution is -2.43. The maximum absolute atomic E-state index is 12.0. The zero-order valence-electron chi connectivity index (χ0n) is 13.2. The Labute approximate surface area is 131 Å². The molecule has 1 aromatic rings. The molecule has 1 unspecified atom stereocenters. The first-order chi connectivity index (χ1) is 10.4. The van der Waals surface area contributed by atoms with Crippen LogP contribution in [-0.4, -0.2) is 42.1 Å². The number of benzene rings is 1. The molecule has 1 fully saturated rings. The van der Waals surface area contributed by atoms with Gasteiger partial charge in [0.05, 0.1) is 5.92 Å². The quantitative estimate of drug-likeness (QED) is 0.812. The number of hydrogen-bond acceptors (Lipinski definition) is 2. The topological polar surface area (TPSA) is 69.6 Å². The molecular weight excluding hydrogens is 280 g/mol. The van der Waals surface area contributed by atoms with E-state index < -0.39 is 11.9 Å². The van der Waals surface area contributed by atoms with Gasteiger partial charge >= 0.3 is 12.0 Å². The SMILES string of the molecule is CC(CN(C)C(=O)NCC1(Cc2ccccc2)CC1)C(=O)O. The van der Waals surface area contributed by atoms with Crippen molar-refractivity contribution in [3.05, 3.63) is 35.9 Å². The van der Waals surface area contributed by atoms with Crippen molar-refractivity contribution < 1.29 is 14.7 Å². The Balaban J connectivity index is 1.79. The summed E-state index contributed by atoms with van der Waals surface area (Å²) in [5.74, 6) is -1.45. The summed E-state index contributed by atoms with van der Waals surface area (Å²) >= 11 is 0. The minimum Gasteiger partial charge on any atom is -0.481 e. The van der Waals surface area contributed by atoms with Gasteiger partial charge in [0.2, 0.25) is 0 Å². The molecule has 0 bridgehead atoms. The Bertz CT molecular complexity index is 526. The van der Waals surface area contributed by atoms with E-state index in [0.29, 0.717) is 6.54 Å². The number of carbonyl (C=O) groups excluding carboxylic acids is 1. The molecule has 5 heteroatoms. The third-order valence-corrected chi connectivity index (χ3v) is 4.31. The first-order valence-corrected chi connectivity index (χ1v) is 7.68. The second-order valence-electron chi connectivity index (χ2n) is 6.44. The molecule has 22 heavy (non-hydrogen) atoms. The molecule has 1 aliphatic carbocycles. The summed E-state index contributed by atoms with van der Waals surface area (Å²) in [7, 11) is 1.63. The van der Waals surface area contributed by atoms with Crippen molar-refractivity contribution in [3.63, 3.8) is 0 Å². The number of nitrogens with zero attached hydrogens (tertiary/aromatic N) is 1. The standard InChI is InChI=1S/C17H24N2O3/c1-13(15(20)21)11-19(2)16(22)18-12-17(8-9-17)10-14-6-4-3-5-7-14/h3-7,13H,8-12H2,1-2H3,(H,18,22)(H,20,21). The summed E-state index contributed by atoms with van der Waals surface area (Å²) in [6.45, 7) is 2.46. The minimum absolute atomic E-state index is 0.177. The predicted molar refractivity (Wildman–Crippen MR) is 84.6 cm³/mol. The predicted octanol–water partition coefficient (Wildman–Crippen LogP) is 2.37. The molecule has 0 heterocycles. The molecule has 5 nitrogen and oxygen atoms in total. The molecule has 0 radical (unpaired) electrons. The van der Waals surface area contributed by atoms with Crippen LogP contribution >= 0.6 is 0 Å². The second kappa shape index (κ2) is 6.81. The number of amides is 2. The van der Waals surface area contributed by atoms with Crippen LogP contribution in [0.3, 0.4) is 0 Å². The Morgan fingerprint density at radius 3 is 2.50 bits per heavy atom. The summed E-state index contributed by atoms with van der Waals surface area (Å²) < 4.78 is 0. The van der Waals surface area contributed by atoms with Crippen LogP contribution in [0.1, 0.15) is 25.3 Å². The van der Waals surface area contributed by atoms with Crippen LogP contribution in [0.25, 0.3) is 0 Å². The lowest BCUT2D eigenvalue weighted by molar-refractivity contribution is -0.141. The van der Waals surface area contributed by atoms with Crippen LogP contribution in [0.15, 0.2) is 30.3 Å². The van der Waals surface area contributed by atoms with Gasteiger partial charge in [0.15, 0.2) is 0 Å². The highest BCUT2D eigenvalue weighted by molar-refractivity contribution is 5.75. The van der Waals surface area contributed by atoms with E-state index in [9.17, 15) is 9.59 Å². The van der Waals surface area contributed by atoms with E-state index in [1.807, 2.05) is 18.2 Å². The fourth-order valence-corrected chi connectivity index (χ4v) is 2.59. The first-order valence-electron chi connectivity index (χ1n) is 7.68. The average molecular weight is 304 g/mol. The van der Waals surface area contributed by atoms with E-state index in [2.05, 4.69) is 17.4 Å². The minimum atomic E-state index is -0.887. The van der Waals surface area contributed by atoms with Crippen molar-refractivity contribution in [1.29, 1.82) is 0 Å². The zero-order valence-corrected chi connectivity index (χ0v) is 13.2. The summed E-state index contributed by atoms with van der Waals surface area (Å²) in [6.07, 6.45) is 3.22. The molecule has 0 aliphatic heterocycles. The lowest BCUT2D eigenvalue weighted by Gasteiger charge is -2.22. The molecule has 0 saturated heterocycles. The highest BCUT2D eigenvalue weighted by Gasteiger charge is 2.42. The molecular formula is C17H24N2O3. The lowest BCUT2D eigenvalue weighted by atomic mass is 9.96. The zero-order chi connectivity index (χ0) is 16.2. The summed E-state index contributed by atoms with van der Waals surface area (Å²) in [4.78, 5) is 24.3. The van der Waals surface area contributed by atoms with Gasteiger partial charge < -0.3 is 15.3 Å². The second-order valence-corrected chi connectivity index (χ2v) is 6.44. The summed E-state index contributed by atoms with van der Waals surface area (Å²) in [6, 6.07) is 10.1. The van der Waals surface area contributed by atoms with Gasteiger partial charge in [-0.2, -0.15) is 0 Å². The van der Waals surface area contributed by atoms with Gasteiger partial charge in [-0.1, -0.05) is 37.3 Å². The number of rotatable bonds is 7. The number of nitrogens with one attached hydrogen (secondary N) is 1. The molecule has 1 atom stereocenters. The van der Waals surface area contributed by atoms with Crippen LogP contribution in [-0.2, 0) is 11.2 Å². The fourth-order valence-electron chi connectivity index (χ4n) is 2.59. The number of urea groups is 1. The van der Waals surface area contributed by atoms with Crippen LogP contribution in [0.2, 0.25) is 0 Å². The Hall–Kier alpha value is -2.04.